The molecule has 0 spiro atoms. The van der Waals surface area contributed by atoms with Crippen LogP contribution in [0.1, 0.15) is 28.3 Å². The van der Waals surface area contributed by atoms with Crippen LogP contribution in [0.4, 0.5) is 11.6 Å². The van der Waals surface area contributed by atoms with Gasteiger partial charge in [-0.15, -0.1) is 0 Å². The van der Waals surface area contributed by atoms with Gasteiger partial charge in [-0.3, -0.25) is 9.69 Å². The number of nitrogens with zero attached hydrogens (tertiary/aromatic N) is 5. The Morgan fingerprint density at radius 2 is 1.58 bits per heavy atom. The maximum atomic E-state index is 13.0. The Morgan fingerprint density at radius 3 is 2.27 bits per heavy atom. The third-order valence-electron chi connectivity index (χ3n) is 5.71. The first-order valence-electron chi connectivity index (χ1n) is 10.8. The van der Waals surface area contributed by atoms with E-state index >= 15 is 0 Å². The molecule has 0 bridgehead atoms. The zero-order valence-corrected chi connectivity index (χ0v) is 18.5. The van der Waals surface area contributed by atoms with Gasteiger partial charge in [0.05, 0.1) is 5.70 Å². The van der Waals surface area contributed by atoms with E-state index in [1.165, 1.54) is 5.56 Å². The fourth-order valence-corrected chi connectivity index (χ4v) is 3.96. The van der Waals surface area contributed by atoms with Gasteiger partial charge in [0.1, 0.15) is 12.6 Å². The van der Waals surface area contributed by atoms with Crippen molar-refractivity contribution in [2.75, 3.05) is 16.8 Å². The number of aromatic nitrogens is 4. The molecule has 0 fully saturated rings. The lowest BCUT2D eigenvalue weighted by Gasteiger charge is -2.32. The van der Waals surface area contributed by atoms with Crippen molar-refractivity contribution in [3.05, 3.63) is 107 Å². The van der Waals surface area contributed by atoms with E-state index in [4.69, 9.17) is 0 Å². The summed E-state index contributed by atoms with van der Waals surface area (Å²) in [5.41, 5.74) is 6.04. The van der Waals surface area contributed by atoms with Gasteiger partial charge >= 0.3 is 0 Å². The first-order valence-corrected chi connectivity index (χ1v) is 10.8. The Hall–Kier alpha value is -4.26. The largest absolute Gasteiger partial charge is 0.325 e. The molecule has 164 valence electrons. The van der Waals surface area contributed by atoms with Gasteiger partial charge in [0, 0.05) is 5.69 Å². The van der Waals surface area contributed by atoms with Crippen LogP contribution in [0.15, 0.2) is 84.9 Å². The maximum absolute atomic E-state index is 13.0. The van der Waals surface area contributed by atoms with Gasteiger partial charge in [0.2, 0.25) is 5.91 Å². The van der Waals surface area contributed by atoms with Crippen LogP contribution in [-0.4, -0.2) is 32.7 Å². The number of hydrogen-bond acceptors (Lipinski definition) is 5. The van der Waals surface area contributed by atoms with Gasteiger partial charge in [-0.05, 0) is 53.6 Å². The van der Waals surface area contributed by atoms with Crippen LogP contribution in [-0.2, 0) is 4.79 Å². The number of allylic oxidation sites excluding steroid dienone is 1. The van der Waals surface area contributed by atoms with Crippen molar-refractivity contribution in [3.8, 4) is 0 Å². The molecular formula is C26H24N6O. The molecule has 1 aromatic heterocycles. The van der Waals surface area contributed by atoms with Gasteiger partial charge in [-0.1, -0.05) is 83.0 Å². The van der Waals surface area contributed by atoms with E-state index in [1.807, 2.05) is 66.4 Å². The number of tetrazole rings is 1. The van der Waals surface area contributed by atoms with Gasteiger partial charge in [0.25, 0.3) is 5.95 Å². The summed E-state index contributed by atoms with van der Waals surface area (Å²) in [5.74, 6) is 0.380. The Morgan fingerprint density at radius 1 is 0.909 bits per heavy atom. The van der Waals surface area contributed by atoms with Crippen LogP contribution in [0.25, 0.3) is 5.70 Å². The number of hydrogen-bond donors (Lipinski definition) is 1. The third kappa shape index (κ3) is 4.25. The summed E-state index contributed by atoms with van der Waals surface area (Å²) < 4.78 is 1.76. The lowest BCUT2D eigenvalue weighted by atomic mass is 10.00. The first-order chi connectivity index (χ1) is 16.1. The highest BCUT2D eigenvalue weighted by Gasteiger charge is 2.31. The number of anilines is 2. The summed E-state index contributed by atoms with van der Waals surface area (Å²) in [6.45, 7) is 4.16. The summed E-state index contributed by atoms with van der Waals surface area (Å²) >= 11 is 0. The second kappa shape index (κ2) is 8.70. The van der Waals surface area contributed by atoms with Crippen molar-refractivity contribution in [2.24, 2.45) is 0 Å². The van der Waals surface area contributed by atoms with Crippen molar-refractivity contribution in [3.63, 3.8) is 0 Å². The minimum Gasteiger partial charge on any atom is -0.325 e. The van der Waals surface area contributed by atoms with E-state index in [-0.39, 0.29) is 18.5 Å². The van der Waals surface area contributed by atoms with Crippen LogP contribution in [0.5, 0.6) is 0 Å². The van der Waals surface area contributed by atoms with Crippen molar-refractivity contribution in [1.82, 2.24) is 20.2 Å². The van der Waals surface area contributed by atoms with E-state index in [9.17, 15) is 4.79 Å². The first kappa shape index (κ1) is 20.6. The topological polar surface area (TPSA) is 75.9 Å². The van der Waals surface area contributed by atoms with Gasteiger partial charge in [0.15, 0.2) is 0 Å². The highest BCUT2D eigenvalue weighted by molar-refractivity contribution is 5.97. The molecule has 4 aromatic rings. The normalized spacial score (nSPS) is 15.0. The molecule has 5 rings (SSSR count). The lowest BCUT2D eigenvalue weighted by molar-refractivity contribution is -0.114. The number of fused-ring (bicyclic) bond motifs is 1. The zero-order valence-electron chi connectivity index (χ0n) is 18.5. The molecule has 1 aliphatic heterocycles. The predicted octanol–water partition coefficient (Wildman–Crippen LogP) is 4.38. The molecular weight excluding hydrogens is 412 g/mol. The molecule has 0 unspecified atom stereocenters. The molecule has 33 heavy (non-hydrogen) atoms. The smallest absolute Gasteiger partial charge is 0.251 e. The van der Waals surface area contributed by atoms with E-state index in [0.29, 0.717) is 5.95 Å². The summed E-state index contributed by atoms with van der Waals surface area (Å²) in [6, 6.07) is 25.9. The maximum Gasteiger partial charge on any atom is 0.251 e. The average Bonchev–Trinajstić information content (AvgIpc) is 3.32. The molecule has 7 nitrogen and oxygen atoms in total. The van der Waals surface area contributed by atoms with Crippen LogP contribution in [0.2, 0.25) is 0 Å². The number of aryl methyl sites for hydroxylation is 2. The Labute approximate surface area is 192 Å². The fraction of sp³-hybridized carbons (Fsp3) is 0.154. The minimum atomic E-state index is -0.179. The molecule has 0 aliphatic carbocycles. The van der Waals surface area contributed by atoms with Crippen molar-refractivity contribution in [2.45, 2.75) is 19.9 Å². The number of benzene rings is 3. The van der Waals surface area contributed by atoms with Crippen LogP contribution in [0.3, 0.4) is 0 Å². The van der Waals surface area contributed by atoms with Crippen LogP contribution < -0.4 is 10.2 Å². The predicted molar refractivity (Wildman–Crippen MR) is 129 cm³/mol. The summed E-state index contributed by atoms with van der Waals surface area (Å²) in [5, 5.41) is 15.4. The Kier molecular flexibility index (Phi) is 5.44. The monoisotopic (exact) mass is 436 g/mol. The quantitative estimate of drug-likeness (QED) is 0.503. The molecule has 0 saturated heterocycles. The Bertz CT molecular complexity index is 1290. The van der Waals surface area contributed by atoms with E-state index in [0.717, 1.165) is 28.1 Å². The second-order valence-corrected chi connectivity index (χ2v) is 8.20. The molecule has 1 aliphatic rings. The molecule has 0 saturated carbocycles. The highest BCUT2D eigenvalue weighted by atomic mass is 16.2. The average molecular weight is 437 g/mol. The molecule has 1 atom stereocenters. The lowest BCUT2D eigenvalue weighted by Crippen LogP contribution is -2.37. The fourth-order valence-electron chi connectivity index (χ4n) is 3.96. The van der Waals surface area contributed by atoms with Gasteiger partial charge in [-0.2, -0.15) is 4.68 Å². The minimum absolute atomic E-state index is 0.0790. The molecule has 7 heteroatoms. The number of rotatable bonds is 5. The highest BCUT2D eigenvalue weighted by Crippen LogP contribution is 2.36. The molecule has 0 radical (unpaired) electrons. The SMILES string of the molecule is Cc1ccc(NC(=O)CN2C(c3ccccc3)=C[C@@H](c3ccc(C)cc3)n3nnnc32)cc1. The number of nitrogens with one attached hydrogen (secondary N) is 1. The Balaban J connectivity index is 1.52. The zero-order chi connectivity index (χ0) is 22.8. The molecule has 1 N–H and O–H groups in total. The van der Waals surface area contributed by atoms with E-state index in [2.05, 4.69) is 58.1 Å². The standard InChI is InChI=1S/C26H24N6O/c1-18-8-12-21(13-9-18)24-16-23(20-6-4-3-5-7-20)31(26-28-29-30-32(24)26)17-25(33)27-22-14-10-19(2)11-15-22/h3-16,24H,17H2,1-2H3,(H,27,33)/t24-/m0/s1. The summed E-state index contributed by atoms with van der Waals surface area (Å²) in [7, 11) is 0. The van der Waals surface area contributed by atoms with Crippen molar-refractivity contribution >= 4 is 23.2 Å². The van der Waals surface area contributed by atoms with Gasteiger partial charge in [-0.25, -0.2) is 0 Å². The molecule has 1 amide bonds. The second-order valence-electron chi connectivity index (χ2n) is 8.20. The number of amides is 1. The summed E-state index contributed by atoms with van der Waals surface area (Å²) in [6.07, 6.45) is 2.11. The third-order valence-corrected chi connectivity index (χ3v) is 5.71. The number of carbonyl (C=O) groups excluding carboxylic acids is 1. The van der Waals surface area contributed by atoms with Crippen molar-refractivity contribution < 1.29 is 4.79 Å². The van der Waals surface area contributed by atoms with E-state index in [1.54, 1.807) is 4.68 Å². The number of carbonyl (C=O) groups is 1. The van der Waals surface area contributed by atoms with Crippen LogP contribution >= 0.6 is 0 Å². The van der Waals surface area contributed by atoms with Crippen LogP contribution in [0, 0.1) is 13.8 Å². The van der Waals surface area contributed by atoms with E-state index < -0.39 is 0 Å². The van der Waals surface area contributed by atoms with Crippen molar-refractivity contribution in [1.29, 1.82) is 0 Å². The molecule has 3 aromatic carbocycles. The molecule has 2 heterocycles. The van der Waals surface area contributed by atoms with Gasteiger partial charge < -0.3 is 5.32 Å². The summed E-state index contributed by atoms with van der Waals surface area (Å²) in [4.78, 5) is 14.9.